The van der Waals surface area contributed by atoms with Gasteiger partial charge in [-0.25, -0.2) is 13.2 Å². The first kappa shape index (κ1) is 25.9. The van der Waals surface area contributed by atoms with Gasteiger partial charge in [-0.05, 0) is 42.8 Å². The van der Waals surface area contributed by atoms with E-state index in [1.807, 2.05) is 6.92 Å². The lowest BCUT2D eigenvalue weighted by Gasteiger charge is -2.20. The fraction of sp³-hybridized carbons (Fsp3) is 0.192. The van der Waals surface area contributed by atoms with E-state index in [0.29, 0.717) is 23.6 Å². The number of nitrogens with zero attached hydrogens (tertiary/aromatic N) is 2. The number of aromatic nitrogens is 2. The lowest BCUT2D eigenvalue weighted by atomic mass is 10.1. The van der Waals surface area contributed by atoms with Crippen molar-refractivity contribution in [1.29, 1.82) is 0 Å². The average Bonchev–Trinajstić information content (AvgIpc) is 2.90. The van der Waals surface area contributed by atoms with Crippen LogP contribution in [0, 0.1) is 0 Å². The Bertz CT molecular complexity index is 1690. The topological polar surface area (TPSA) is 128 Å². The highest BCUT2D eigenvalue weighted by molar-refractivity contribution is 7.89. The summed E-state index contributed by atoms with van der Waals surface area (Å²) in [6, 6.07) is 17.8. The summed E-state index contributed by atoms with van der Waals surface area (Å²) in [4.78, 5) is 38.1. The van der Waals surface area contributed by atoms with Crippen LogP contribution in [0.15, 0.2) is 87.3 Å². The molecule has 3 aromatic carbocycles. The van der Waals surface area contributed by atoms with Crippen molar-refractivity contribution in [3.63, 3.8) is 0 Å². The molecule has 10 nitrogen and oxygen atoms in total. The van der Waals surface area contributed by atoms with Crippen LogP contribution in [0.2, 0.25) is 0 Å². The van der Waals surface area contributed by atoms with Crippen molar-refractivity contribution < 1.29 is 17.9 Å². The predicted molar refractivity (Wildman–Crippen MR) is 140 cm³/mol. The number of hydrogen-bond acceptors (Lipinski definition) is 6. The van der Waals surface area contributed by atoms with Gasteiger partial charge in [0.1, 0.15) is 11.8 Å². The minimum Gasteiger partial charge on any atom is -0.492 e. The van der Waals surface area contributed by atoms with Gasteiger partial charge in [0, 0.05) is 14.1 Å². The Hall–Kier alpha value is -4.22. The first-order valence-electron chi connectivity index (χ1n) is 11.4. The van der Waals surface area contributed by atoms with E-state index in [2.05, 4.69) is 10.0 Å². The molecule has 0 aliphatic heterocycles. The third kappa shape index (κ3) is 5.18. The number of rotatable bonds is 8. The highest BCUT2D eigenvalue weighted by Crippen LogP contribution is 2.26. The zero-order chi connectivity index (χ0) is 26.7. The summed E-state index contributed by atoms with van der Waals surface area (Å²) in [5, 5.41) is 2.80. The molecule has 1 amide bonds. The predicted octanol–water partition coefficient (Wildman–Crippen LogP) is 2.29. The number of anilines is 1. The number of ether oxygens (including phenoxy) is 1. The second-order valence-electron chi connectivity index (χ2n) is 8.27. The Kier molecular flexibility index (Phi) is 7.28. The maximum atomic E-state index is 13.4. The number of carbonyl (C=O) groups excluding carboxylic acids is 1. The molecule has 0 bridgehead atoms. The van der Waals surface area contributed by atoms with Gasteiger partial charge in [-0.2, -0.15) is 4.72 Å². The molecule has 1 unspecified atom stereocenters. The normalized spacial score (nSPS) is 12.3. The molecule has 1 aromatic heterocycles. The second-order valence-corrected chi connectivity index (χ2v) is 9.98. The van der Waals surface area contributed by atoms with Gasteiger partial charge in [-0.3, -0.25) is 18.7 Å². The van der Waals surface area contributed by atoms with Crippen LogP contribution in [0.5, 0.6) is 5.75 Å². The van der Waals surface area contributed by atoms with Crippen molar-refractivity contribution in [3.8, 4) is 5.75 Å². The van der Waals surface area contributed by atoms with Gasteiger partial charge >= 0.3 is 5.69 Å². The smallest absolute Gasteiger partial charge is 0.330 e. The van der Waals surface area contributed by atoms with Gasteiger partial charge < -0.3 is 10.1 Å². The molecule has 0 spiro atoms. The molecule has 0 fully saturated rings. The van der Waals surface area contributed by atoms with E-state index in [4.69, 9.17) is 4.74 Å². The van der Waals surface area contributed by atoms with Crippen LogP contribution in [-0.2, 0) is 28.9 Å². The summed E-state index contributed by atoms with van der Waals surface area (Å²) in [6.45, 7) is 2.20. The minimum atomic E-state index is -4.29. The summed E-state index contributed by atoms with van der Waals surface area (Å²) < 4.78 is 37.1. The van der Waals surface area contributed by atoms with E-state index in [9.17, 15) is 22.8 Å². The van der Waals surface area contributed by atoms with Crippen LogP contribution in [0.4, 0.5) is 5.69 Å². The summed E-state index contributed by atoms with van der Waals surface area (Å²) in [6.07, 6.45) is 0. The number of hydrogen-bond donors (Lipinski definition) is 2. The first-order chi connectivity index (χ1) is 17.6. The summed E-state index contributed by atoms with van der Waals surface area (Å²) in [7, 11) is -1.48. The zero-order valence-corrected chi connectivity index (χ0v) is 21.3. The summed E-state index contributed by atoms with van der Waals surface area (Å²) in [5.41, 5.74) is -0.0579. The quantitative estimate of drug-likeness (QED) is 0.365. The Morgan fingerprint density at radius 1 is 0.946 bits per heavy atom. The van der Waals surface area contributed by atoms with Crippen LogP contribution >= 0.6 is 0 Å². The lowest BCUT2D eigenvalue weighted by Crippen LogP contribution is -2.38. The average molecular weight is 523 g/mol. The molecule has 4 rings (SSSR count). The molecule has 0 aliphatic carbocycles. The van der Waals surface area contributed by atoms with E-state index in [-0.39, 0.29) is 15.8 Å². The highest BCUT2D eigenvalue weighted by Gasteiger charge is 2.28. The van der Waals surface area contributed by atoms with E-state index >= 15 is 0 Å². The number of nitrogens with one attached hydrogen (secondary N) is 2. The Morgan fingerprint density at radius 3 is 2.32 bits per heavy atom. The molecule has 0 radical (unpaired) electrons. The molecule has 2 N–H and O–H groups in total. The first-order valence-corrected chi connectivity index (χ1v) is 12.9. The van der Waals surface area contributed by atoms with Crippen LogP contribution in [0.3, 0.4) is 0 Å². The van der Waals surface area contributed by atoms with Gasteiger partial charge in [0.25, 0.3) is 5.56 Å². The van der Waals surface area contributed by atoms with Crippen molar-refractivity contribution >= 4 is 32.5 Å². The minimum absolute atomic E-state index is 0.0545. The Balaban J connectivity index is 1.74. The van der Waals surface area contributed by atoms with Crippen LogP contribution < -0.4 is 26.0 Å². The maximum absolute atomic E-state index is 13.4. The molecular formula is C26H26N4O6S. The third-order valence-electron chi connectivity index (χ3n) is 5.86. The molecule has 4 aromatic rings. The number of benzene rings is 3. The van der Waals surface area contributed by atoms with E-state index < -0.39 is 33.2 Å². The molecule has 0 aliphatic rings. The van der Waals surface area contributed by atoms with Crippen molar-refractivity contribution in [2.24, 2.45) is 14.1 Å². The SMILES string of the molecule is CCOc1ccccc1NC(=O)C(NS(=O)(=O)c1ccc2c(c1)c(=O)n(C)c(=O)n2C)c1ccccc1. The molecule has 0 saturated carbocycles. The fourth-order valence-corrected chi connectivity index (χ4v) is 5.15. The van der Waals surface area contributed by atoms with Crippen LogP contribution in [-0.4, -0.2) is 30.1 Å². The van der Waals surface area contributed by atoms with Gasteiger partial charge in [-0.1, -0.05) is 42.5 Å². The molecular weight excluding hydrogens is 496 g/mol. The van der Waals surface area contributed by atoms with E-state index in [0.717, 1.165) is 4.57 Å². The van der Waals surface area contributed by atoms with Crippen molar-refractivity contribution in [2.45, 2.75) is 17.9 Å². The molecule has 1 heterocycles. The van der Waals surface area contributed by atoms with Crippen molar-refractivity contribution in [2.75, 3.05) is 11.9 Å². The van der Waals surface area contributed by atoms with Gasteiger partial charge in [0.15, 0.2) is 0 Å². The van der Waals surface area contributed by atoms with Crippen LogP contribution in [0.25, 0.3) is 10.9 Å². The van der Waals surface area contributed by atoms with Gasteiger partial charge in [0.05, 0.1) is 28.1 Å². The summed E-state index contributed by atoms with van der Waals surface area (Å²) in [5.74, 6) is -0.176. The monoisotopic (exact) mass is 522 g/mol. The van der Waals surface area contributed by atoms with Gasteiger partial charge in [-0.15, -0.1) is 0 Å². The number of aryl methyl sites for hydroxylation is 1. The number of sulfonamides is 1. The molecule has 1 atom stereocenters. The van der Waals surface area contributed by atoms with E-state index in [1.54, 1.807) is 54.6 Å². The lowest BCUT2D eigenvalue weighted by molar-refractivity contribution is -0.117. The highest BCUT2D eigenvalue weighted by atomic mass is 32.2. The number of carbonyl (C=O) groups is 1. The number of fused-ring (bicyclic) bond motifs is 1. The fourth-order valence-electron chi connectivity index (χ4n) is 3.94. The third-order valence-corrected chi connectivity index (χ3v) is 7.28. The van der Waals surface area contributed by atoms with Gasteiger partial charge in [0.2, 0.25) is 15.9 Å². The zero-order valence-electron chi connectivity index (χ0n) is 20.5. The van der Waals surface area contributed by atoms with E-state index in [1.165, 1.54) is 36.9 Å². The second kappa shape index (κ2) is 10.4. The molecule has 37 heavy (non-hydrogen) atoms. The molecule has 192 valence electrons. The Morgan fingerprint density at radius 2 is 1.62 bits per heavy atom. The maximum Gasteiger partial charge on any atom is 0.330 e. The van der Waals surface area contributed by atoms with Crippen molar-refractivity contribution in [3.05, 3.63) is 99.2 Å². The largest absolute Gasteiger partial charge is 0.492 e. The van der Waals surface area contributed by atoms with Crippen molar-refractivity contribution in [1.82, 2.24) is 13.9 Å². The molecule has 0 saturated heterocycles. The molecule has 11 heteroatoms. The van der Waals surface area contributed by atoms with Crippen LogP contribution in [0.1, 0.15) is 18.5 Å². The number of amides is 1. The Labute approximate surface area is 213 Å². The summed E-state index contributed by atoms with van der Waals surface area (Å²) >= 11 is 0. The number of para-hydroxylation sites is 2. The standard InChI is InChI=1S/C26H26N4O6S/c1-4-36-22-13-9-8-12-20(22)27-24(31)23(17-10-6-5-7-11-17)28-37(34,35)18-14-15-21-19(16-18)25(32)30(3)26(33)29(21)2/h5-16,23,28H,4H2,1-3H3,(H,27,31).